The topological polar surface area (TPSA) is 12.0 Å². The molecular formula is C16H20ClNS2. The average Bonchev–Trinajstić information content (AvgIpc) is 2.85. The van der Waals surface area contributed by atoms with Crippen molar-refractivity contribution < 1.29 is 0 Å². The van der Waals surface area contributed by atoms with Gasteiger partial charge < -0.3 is 5.32 Å². The molecule has 1 heterocycles. The Morgan fingerprint density at radius 1 is 1.35 bits per heavy atom. The first-order valence-corrected chi connectivity index (χ1v) is 9.10. The van der Waals surface area contributed by atoms with Gasteiger partial charge in [-0.25, -0.2) is 0 Å². The Labute approximate surface area is 134 Å². The van der Waals surface area contributed by atoms with Gasteiger partial charge in [-0.1, -0.05) is 24.6 Å². The number of halogens is 1. The van der Waals surface area contributed by atoms with Gasteiger partial charge in [-0.05, 0) is 55.1 Å². The summed E-state index contributed by atoms with van der Waals surface area (Å²) in [6, 6.07) is 10.7. The Balaban J connectivity index is 2.03. The molecule has 1 unspecified atom stereocenters. The van der Waals surface area contributed by atoms with E-state index in [1.165, 1.54) is 15.3 Å². The Bertz CT molecular complexity index is 539. The highest BCUT2D eigenvalue weighted by atomic mass is 35.5. The number of nitrogens with one attached hydrogen (secondary N) is 1. The summed E-state index contributed by atoms with van der Waals surface area (Å²) in [6.45, 7) is 5.45. The molecule has 2 rings (SSSR count). The molecule has 0 aliphatic carbocycles. The first kappa shape index (κ1) is 15.9. The molecule has 1 aromatic heterocycles. The highest BCUT2D eigenvalue weighted by Crippen LogP contribution is 2.29. The first-order valence-electron chi connectivity index (χ1n) is 6.86. The fourth-order valence-electron chi connectivity index (χ4n) is 2.07. The average molecular weight is 326 g/mol. The fourth-order valence-corrected chi connectivity index (χ4v) is 4.13. The zero-order valence-corrected chi connectivity index (χ0v) is 14.2. The molecule has 0 amide bonds. The van der Waals surface area contributed by atoms with E-state index in [2.05, 4.69) is 36.7 Å². The predicted molar refractivity (Wildman–Crippen MR) is 92.3 cm³/mol. The van der Waals surface area contributed by atoms with Crippen molar-refractivity contribution in [1.82, 2.24) is 5.32 Å². The molecule has 1 nitrogen and oxygen atoms in total. The highest BCUT2D eigenvalue weighted by Gasteiger charge is 2.14. The van der Waals surface area contributed by atoms with E-state index in [4.69, 9.17) is 11.6 Å². The molecule has 0 aliphatic heterocycles. The van der Waals surface area contributed by atoms with Crippen molar-refractivity contribution in [2.45, 2.75) is 31.2 Å². The Kier molecular flexibility index (Phi) is 6.43. The number of benzene rings is 1. The molecule has 108 valence electrons. The normalized spacial score (nSPS) is 12.6. The van der Waals surface area contributed by atoms with E-state index in [0.29, 0.717) is 6.04 Å². The molecule has 0 fully saturated rings. The van der Waals surface area contributed by atoms with E-state index in [9.17, 15) is 0 Å². The summed E-state index contributed by atoms with van der Waals surface area (Å²) in [4.78, 5) is 2.64. The first-order chi connectivity index (χ1) is 9.70. The summed E-state index contributed by atoms with van der Waals surface area (Å²) in [5.74, 6) is 1.03. The molecule has 4 heteroatoms. The molecule has 1 N–H and O–H groups in total. The molecule has 0 radical (unpaired) electrons. The Morgan fingerprint density at radius 2 is 2.20 bits per heavy atom. The van der Waals surface area contributed by atoms with E-state index < -0.39 is 0 Å². The van der Waals surface area contributed by atoms with Crippen LogP contribution in [0.15, 0.2) is 40.6 Å². The van der Waals surface area contributed by atoms with Gasteiger partial charge in [0.05, 0.1) is 0 Å². The smallest absolute Gasteiger partial charge is 0.0426 e. The maximum absolute atomic E-state index is 6.04. The minimum atomic E-state index is 0.408. The molecule has 2 aromatic rings. The second kappa shape index (κ2) is 8.08. The van der Waals surface area contributed by atoms with Gasteiger partial charge in [0.25, 0.3) is 0 Å². The van der Waals surface area contributed by atoms with Crippen molar-refractivity contribution in [3.8, 4) is 0 Å². The van der Waals surface area contributed by atoms with Crippen LogP contribution in [0.3, 0.4) is 0 Å². The van der Waals surface area contributed by atoms with Crippen LogP contribution in [0.2, 0.25) is 5.02 Å². The van der Waals surface area contributed by atoms with Gasteiger partial charge >= 0.3 is 0 Å². The highest BCUT2D eigenvalue weighted by molar-refractivity contribution is 7.99. The zero-order chi connectivity index (χ0) is 14.4. The Hall–Kier alpha value is -0.480. The van der Waals surface area contributed by atoms with Crippen LogP contribution in [0.1, 0.15) is 29.8 Å². The third-order valence-electron chi connectivity index (χ3n) is 3.13. The van der Waals surface area contributed by atoms with Crippen LogP contribution < -0.4 is 5.32 Å². The molecule has 0 saturated carbocycles. The summed E-state index contributed by atoms with van der Waals surface area (Å²) in [7, 11) is 0. The second-order valence-corrected chi connectivity index (χ2v) is 7.36. The molecule has 20 heavy (non-hydrogen) atoms. The lowest BCUT2D eigenvalue weighted by Gasteiger charge is -2.18. The monoisotopic (exact) mass is 325 g/mol. The lowest BCUT2D eigenvalue weighted by Crippen LogP contribution is -2.24. The fraction of sp³-hybridized carbons (Fsp3) is 0.375. The minimum Gasteiger partial charge on any atom is -0.309 e. The third-order valence-corrected chi connectivity index (χ3v) is 5.31. The molecule has 1 aromatic carbocycles. The minimum absolute atomic E-state index is 0.408. The summed E-state index contributed by atoms with van der Waals surface area (Å²) in [5.41, 5.74) is 1.43. The van der Waals surface area contributed by atoms with E-state index >= 15 is 0 Å². The quantitative estimate of drug-likeness (QED) is 0.670. The Morgan fingerprint density at radius 3 is 2.85 bits per heavy atom. The van der Waals surface area contributed by atoms with Crippen LogP contribution in [0.4, 0.5) is 0 Å². The lowest BCUT2D eigenvalue weighted by atomic mass is 10.1. The molecule has 0 spiro atoms. The van der Waals surface area contributed by atoms with Crippen molar-refractivity contribution >= 4 is 34.7 Å². The van der Waals surface area contributed by atoms with Gasteiger partial charge in [-0.3, -0.25) is 0 Å². The molecule has 1 atom stereocenters. The van der Waals surface area contributed by atoms with E-state index in [1.807, 2.05) is 41.3 Å². The van der Waals surface area contributed by atoms with Gasteiger partial charge in [0, 0.05) is 26.6 Å². The predicted octanol–water partition coefficient (Wildman–Crippen LogP) is 5.54. The van der Waals surface area contributed by atoms with Crippen molar-refractivity contribution in [2.24, 2.45) is 0 Å². The van der Waals surface area contributed by atoms with Crippen LogP contribution >= 0.6 is 34.7 Å². The molecule has 0 aliphatic rings. The summed E-state index contributed by atoms with van der Waals surface area (Å²) < 4.78 is 0. The number of hydrogen-bond acceptors (Lipinski definition) is 3. The summed E-state index contributed by atoms with van der Waals surface area (Å²) in [5, 5.41) is 6.63. The summed E-state index contributed by atoms with van der Waals surface area (Å²) in [6.07, 6.45) is 1.15. The number of thioether (sulfide) groups is 1. The lowest BCUT2D eigenvalue weighted by molar-refractivity contribution is 0.577. The van der Waals surface area contributed by atoms with Crippen LogP contribution in [0.25, 0.3) is 0 Å². The summed E-state index contributed by atoms with van der Waals surface area (Å²) >= 11 is 9.72. The van der Waals surface area contributed by atoms with E-state index in [0.717, 1.165) is 23.7 Å². The maximum Gasteiger partial charge on any atom is 0.0426 e. The maximum atomic E-state index is 6.04. The van der Waals surface area contributed by atoms with Crippen LogP contribution in [0.5, 0.6) is 0 Å². The number of thiophene rings is 1. The number of aryl methyl sites for hydroxylation is 1. The number of rotatable bonds is 7. The third kappa shape index (κ3) is 4.52. The number of hydrogen-bond donors (Lipinski definition) is 1. The van der Waals surface area contributed by atoms with Crippen molar-refractivity contribution in [2.75, 3.05) is 12.3 Å². The molecule has 0 bridgehead atoms. The molecular weight excluding hydrogens is 306 g/mol. The van der Waals surface area contributed by atoms with Gasteiger partial charge in [-0.15, -0.1) is 23.1 Å². The van der Waals surface area contributed by atoms with Crippen molar-refractivity contribution in [3.63, 3.8) is 0 Å². The molecule has 0 saturated heterocycles. The van der Waals surface area contributed by atoms with Gasteiger partial charge in [0.2, 0.25) is 0 Å². The van der Waals surface area contributed by atoms with E-state index in [1.54, 1.807) is 0 Å². The second-order valence-electron chi connectivity index (χ2n) is 4.71. The van der Waals surface area contributed by atoms with Crippen LogP contribution in [-0.4, -0.2) is 12.3 Å². The standard InChI is InChI=1S/C16H20ClNS2/c1-3-8-18-16(15-7-9-19-12(15)2)11-20-14-6-4-5-13(17)10-14/h4-7,9-10,16,18H,3,8,11H2,1-2H3. The van der Waals surface area contributed by atoms with Gasteiger partial charge in [0.15, 0.2) is 0 Å². The van der Waals surface area contributed by atoms with Crippen molar-refractivity contribution in [1.29, 1.82) is 0 Å². The largest absolute Gasteiger partial charge is 0.309 e. The SMILES string of the molecule is CCCNC(CSc1cccc(Cl)c1)c1ccsc1C. The zero-order valence-electron chi connectivity index (χ0n) is 11.9. The van der Waals surface area contributed by atoms with Gasteiger partial charge in [0.1, 0.15) is 0 Å². The van der Waals surface area contributed by atoms with E-state index in [-0.39, 0.29) is 0 Å². The van der Waals surface area contributed by atoms with Crippen LogP contribution in [0, 0.1) is 6.92 Å². The van der Waals surface area contributed by atoms with Crippen LogP contribution in [-0.2, 0) is 0 Å². The van der Waals surface area contributed by atoms with Crippen molar-refractivity contribution in [3.05, 3.63) is 51.2 Å². The van der Waals surface area contributed by atoms with Gasteiger partial charge in [-0.2, -0.15) is 0 Å².